The van der Waals surface area contributed by atoms with Crippen molar-refractivity contribution in [3.63, 3.8) is 0 Å². The number of methoxy groups -OCH3 is 1. The van der Waals surface area contributed by atoms with E-state index < -0.39 is 30.0 Å². The van der Waals surface area contributed by atoms with Crippen molar-refractivity contribution in [2.24, 2.45) is 0 Å². The lowest BCUT2D eigenvalue weighted by molar-refractivity contribution is -0.145. The van der Waals surface area contributed by atoms with E-state index in [1.165, 1.54) is 7.11 Å². The molecule has 1 aliphatic heterocycles. The molecule has 0 N–H and O–H groups in total. The smallest absolute Gasteiger partial charge is 0.328 e. The number of hydrogen-bond donors (Lipinski definition) is 0. The Bertz CT molecular complexity index is 849. The number of imide groups is 1. The fourth-order valence-corrected chi connectivity index (χ4v) is 4.30. The van der Waals surface area contributed by atoms with Crippen LogP contribution in [0.3, 0.4) is 0 Å². The molecule has 7 heteroatoms. The summed E-state index contributed by atoms with van der Waals surface area (Å²) in [5.41, 5.74) is 0.0759. The fourth-order valence-electron chi connectivity index (χ4n) is 3.91. The van der Waals surface area contributed by atoms with Crippen LogP contribution in [0, 0.1) is 0 Å². The van der Waals surface area contributed by atoms with Gasteiger partial charge in [-0.05, 0) is 24.0 Å². The Hall–Kier alpha value is -2.67. The largest absolute Gasteiger partial charge is 0.468 e. The quantitative estimate of drug-likeness (QED) is 0.240. The van der Waals surface area contributed by atoms with Gasteiger partial charge in [0, 0.05) is 11.9 Å². The lowest BCUT2D eigenvalue weighted by atomic mass is 9.81. The SMILES string of the molecule is COC(=O)CN1C(=O)N(CCCCCBr)C(c2ccccc2)(c2ccccc2)C1=O. The minimum absolute atomic E-state index is 0.402. The molecular weight excluding hydrogens is 448 g/mol. The monoisotopic (exact) mass is 472 g/mol. The molecule has 0 spiro atoms. The van der Waals surface area contributed by atoms with Crippen molar-refractivity contribution in [1.29, 1.82) is 0 Å². The van der Waals surface area contributed by atoms with Crippen LogP contribution in [0.25, 0.3) is 0 Å². The molecule has 0 unspecified atom stereocenters. The Balaban J connectivity index is 2.14. The summed E-state index contributed by atoms with van der Waals surface area (Å²) < 4.78 is 4.73. The Morgan fingerprint density at radius 1 is 0.933 bits per heavy atom. The topological polar surface area (TPSA) is 66.9 Å². The number of benzene rings is 2. The molecule has 3 amide bonds. The molecule has 0 atom stereocenters. The van der Waals surface area contributed by atoms with Crippen LogP contribution in [0.15, 0.2) is 60.7 Å². The van der Waals surface area contributed by atoms with E-state index >= 15 is 0 Å². The Morgan fingerprint density at radius 2 is 1.50 bits per heavy atom. The molecule has 0 saturated carbocycles. The number of esters is 1. The number of nitrogens with zero attached hydrogens (tertiary/aromatic N) is 2. The summed E-state index contributed by atoms with van der Waals surface area (Å²) >= 11 is 3.43. The minimum atomic E-state index is -1.32. The van der Waals surface area contributed by atoms with Crippen LogP contribution >= 0.6 is 15.9 Å². The number of hydrogen-bond acceptors (Lipinski definition) is 4. The molecule has 2 aromatic rings. The summed E-state index contributed by atoms with van der Waals surface area (Å²) in [5.74, 6) is -1.07. The van der Waals surface area contributed by atoms with E-state index in [1.807, 2.05) is 60.7 Å². The molecule has 30 heavy (non-hydrogen) atoms. The van der Waals surface area contributed by atoms with Crippen LogP contribution < -0.4 is 0 Å². The molecular formula is C23H25BrN2O4. The van der Waals surface area contributed by atoms with Crippen molar-refractivity contribution < 1.29 is 19.1 Å². The van der Waals surface area contributed by atoms with Crippen molar-refractivity contribution in [1.82, 2.24) is 9.80 Å². The molecule has 6 nitrogen and oxygen atoms in total. The van der Waals surface area contributed by atoms with Crippen LogP contribution in [0.2, 0.25) is 0 Å². The zero-order chi connectivity index (χ0) is 21.6. The van der Waals surface area contributed by atoms with Crippen LogP contribution in [0.1, 0.15) is 30.4 Å². The molecule has 158 valence electrons. The van der Waals surface area contributed by atoms with Gasteiger partial charge < -0.3 is 9.64 Å². The van der Waals surface area contributed by atoms with Gasteiger partial charge >= 0.3 is 12.0 Å². The molecule has 0 bridgehead atoms. The van der Waals surface area contributed by atoms with Gasteiger partial charge in [-0.15, -0.1) is 0 Å². The van der Waals surface area contributed by atoms with Gasteiger partial charge in [0.2, 0.25) is 0 Å². The summed E-state index contributed by atoms with van der Waals surface area (Å²) in [6.45, 7) is -0.00742. The normalized spacial score (nSPS) is 15.5. The number of urea groups is 1. The molecule has 1 fully saturated rings. The zero-order valence-electron chi connectivity index (χ0n) is 16.9. The van der Waals surface area contributed by atoms with Gasteiger partial charge in [0.05, 0.1) is 7.11 Å². The maximum absolute atomic E-state index is 13.8. The summed E-state index contributed by atoms with van der Waals surface area (Å²) in [6, 6.07) is 18.1. The van der Waals surface area contributed by atoms with E-state index in [-0.39, 0.29) is 0 Å². The van der Waals surface area contributed by atoms with Crippen LogP contribution in [-0.4, -0.2) is 53.2 Å². The number of amides is 3. The average Bonchev–Trinajstić information content (AvgIpc) is 2.99. The van der Waals surface area contributed by atoms with Crippen LogP contribution in [0.4, 0.5) is 4.79 Å². The van der Waals surface area contributed by atoms with E-state index in [2.05, 4.69) is 15.9 Å². The van der Waals surface area contributed by atoms with Gasteiger partial charge in [-0.3, -0.25) is 14.5 Å². The highest BCUT2D eigenvalue weighted by Crippen LogP contribution is 2.43. The van der Waals surface area contributed by atoms with Crippen molar-refractivity contribution >= 4 is 33.8 Å². The molecule has 2 aromatic carbocycles. The summed E-state index contributed by atoms with van der Waals surface area (Å²) in [7, 11) is 1.24. The zero-order valence-corrected chi connectivity index (χ0v) is 18.5. The molecule has 0 radical (unpaired) electrons. The second-order valence-corrected chi connectivity index (χ2v) is 7.89. The molecule has 1 saturated heterocycles. The second-order valence-electron chi connectivity index (χ2n) is 7.09. The number of carbonyl (C=O) groups is 3. The number of rotatable bonds is 9. The summed E-state index contributed by atoms with van der Waals surface area (Å²) in [4.78, 5) is 41.8. The predicted octanol–water partition coefficient (Wildman–Crippen LogP) is 3.93. The van der Waals surface area contributed by atoms with Crippen LogP contribution in [0.5, 0.6) is 0 Å². The maximum Gasteiger partial charge on any atom is 0.328 e. The van der Waals surface area contributed by atoms with Gasteiger partial charge in [0.1, 0.15) is 6.54 Å². The highest BCUT2D eigenvalue weighted by atomic mass is 79.9. The van der Waals surface area contributed by atoms with E-state index in [9.17, 15) is 14.4 Å². The van der Waals surface area contributed by atoms with E-state index in [1.54, 1.807) is 4.90 Å². The third-order valence-corrected chi connectivity index (χ3v) is 5.90. The Morgan fingerprint density at radius 3 is 2.00 bits per heavy atom. The van der Waals surface area contributed by atoms with Crippen molar-refractivity contribution in [3.05, 3.63) is 71.8 Å². The fraction of sp³-hybridized carbons (Fsp3) is 0.348. The first-order valence-corrected chi connectivity index (χ1v) is 11.1. The van der Waals surface area contributed by atoms with Gasteiger partial charge in [-0.1, -0.05) is 83.0 Å². The Labute approximate surface area is 184 Å². The van der Waals surface area contributed by atoms with E-state index in [0.717, 1.165) is 29.5 Å². The van der Waals surface area contributed by atoms with E-state index in [0.29, 0.717) is 17.7 Å². The van der Waals surface area contributed by atoms with Crippen molar-refractivity contribution in [3.8, 4) is 0 Å². The van der Waals surface area contributed by atoms with Gasteiger partial charge in [0.15, 0.2) is 5.54 Å². The van der Waals surface area contributed by atoms with E-state index in [4.69, 9.17) is 4.74 Å². The third-order valence-electron chi connectivity index (χ3n) is 5.33. The highest BCUT2D eigenvalue weighted by Gasteiger charge is 2.59. The summed E-state index contributed by atoms with van der Waals surface area (Å²) in [5, 5.41) is 0.886. The molecule has 0 aliphatic carbocycles. The minimum Gasteiger partial charge on any atom is -0.468 e. The highest BCUT2D eigenvalue weighted by molar-refractivity contribution is 9.09. The summed E-state index contributed by atoms with van der Waals surface area (Å²) in [6.07, 6.45) is 2.64. The average molecular weight is 473 g/mol. The molecule has 1 heterocycles. The molecule has 3 rings (SSSR count). The lowest BCUT2D eigenvalue weighted by Crippen LogP contribution is -2.48. The van der Waals surface area contributed by atoms with Crippen LogP contribution in [-0.2, 0) is 19.9 Å². The van der Waals surface area contributed by atoms with Gasteiger partial charge in [-0.25, -0.2) is 4.79 Å². The van der Waals surface area contributed by atoms with Gasteiger partial charge in [0.25, 0.3) is 5.91 Å². The maximum atomic E-state index is 13.8. The second kappa shape index (κ2) is 9.89. The molecule has 1 aliphatic rings. The van der Waals surface area contributed by atoms with Crippen molar-refractivity contribution in [2.45, 2.75) is 24.8 Å². The number of alkyl halides is 1. The number of halogens is 1. The van der Waals surface area contributed by atoms with Crippen molar-refractivity contribution in [2.75, 3.05) is 25.5 Å². The van der Waals surface area contributed by atoms with Gasteiger partial charge in [-0.2, -0.15) is 0 Å². The first kappa shape index (κ1) is 22.0. The number of ether oxygens (including phenoxy) is 1. The standard InChI is InChI=1S/C23H25BrN2O4/c1-30-20(27)17-25-21(28)23(18-11-5-2-6-12-18,19-13-7-3-8-14-19)26(22(25)29)16-10-4-9-15-24/h2-3,5-8,11-14H,4,9-10,15-17H2,1H3. The lowest BCUT2D eigenvalue weighted by Gasteiger charge is -2.36. The Kier molecular flexibility index (Phi) is 7.26. The molecule has 0 aromatic heterocycles. The first-order valence-electron chi connectivity index (χ1n) is 9.94. The number of unbranched alkanes of at least 4 members (excludes halogenated alkanes) is 2. The predicted molar refractivity (Wildman–Crippen MR) is 117 cm³/mol. The third kappa shape index (κ3) is 3.99. The first-order chi connectivity index (χ1) is 14.6. The number of carbonyl (C=O) groups excluding carboxylic acids is 3.